The number of aryl methyl sites for hydroxylation is 3. The van der Waals surface area contributed by atoms with E-state index in [1.807, 2.05) is 0 Å². The average molecular weight is 322 g/mol. The monoisotopic (exact) mass is 322 g/mol. The lowest BCUT2D eigenvalue weighted by Crippen LogP contribution is -2.07. The predicted octanol–water partition coefficient (Wildman–Crippen LogP) is 5.15. The minimum absolute atomic E-state index is 0.115. The van der Waals surface area contributed by atoms with Gasteiger partial charge in [0.1, 0.15) is 0 Å². The van der Waals surface area contributed by atoms with Gasteiger partial charge in [-0.1, -0.05) is 48.5 Å². The summed E-state index contributed by atoms with van der Waals surface area (Å²) in [6.45, 7) is 0. The van der Waals surface area contributed by atoms with E-state index in [0.717, 1.165) is 32.1 Å². The van der Waals surface area contributed by atoms with Crippen LogP contribution in [-0.4, -0.2) is 11.1 Å². The highest BCUT2D eigenvalue weighted by molar-refractivity contribution is 5.68. The molecule has 0 fully saturated rings. The van der Waals surface area contributed by atoms with Gasteiger partial charge in [-0.15, -0.1) is 0 Å². The highest BCUT2D eigenvalue weighted by Gasteiger charge is 2.15. The van der Waals surface area contributed by atoms with E-state index < -0.39 is 5.97 Å². The summed E-state index contributed by atoms with van der Waals surface area (Å²) in [7, 11) is 0. The fourth-order valence-corrected chi connectivity index (χ4v) is 3.64. The summed E-state index contributed by atoms with van der Waals surface area (Å²) in [5.74, 6) is -0.591. The summed E-state index contributed by atoms with van der Waals surface area (Å²) >= 11 is 0. The molecule has 2 heteroatoms. The van der Waals surface area contributed by atoms with Gasteiger partial charge >= 0.3 is 5.97 Å². The Bertz CT molecular complexity index is 655. The number of hydrogen-bond donors (Lipinski definition) is 1. The summed E-state index contributed by atoms with van der Waals surface area (Å²) in [6, 6.07) is 17.6. The van der Waals surface area contributed by atoms with Crippen molar-refractivity contribution in [1.82, 2.24) is 0 Å². The van der Waals surface area contributed by atoms with Gasteiger partial charge < -0.3 is 5.11 Å². The minimum atomic E-state index is -0.706. The molecule has 2 nitrogen and oxygen atoms in total. The van der Waals surface area contributed by atoms with Gasteiger partial charge in [-0.2, -0.15) is 0 Å². The number of carboxylic acids is 1. The van der Waals surface area contributed by atoms with Crippen molar-refractivity contribution >= 4 is 5.97 Å². The standard InChI is InChI=1S/C22H26O2/c23-22(24)16-21-7-3-6-19-10-8-17(9-11-19)4-1-2-5-18-12-14-20(21)15-13-18/h8-15,21H,1-7,16H2,(H,23,24). The summed E-state index contributed by atoms with van der Waals surface area (Å²) in [4.78, 5) is 11.2. The maximum atomic E-state index is 11.2. The van der Waals surface area contributed by atoms with E-state index in [-0.39, 0.29) is 12.3 Å². The Hall–Kier alpha value is -2.09. The third-order valence-corrected chi connectivity index (χ3v) is 5.09. The molecule has 0 saturated heterocycles. The molecule has 6 rings (SSSR count). The Morgan fingerprint density at radius 1 is 0.792 bits per heavy atom. The number of benzene rings is 2. The number of carboxylic acid groups (broad SMARTS) is 1. The van der Waals surface area contributed by atoms with Crippen LogP contribution in [0.25, 0.3) is 0 Å². The lowest BCUT2D eigenvalue weighted by molar-refractivity contribution is -0.137. The summed E-state index contributed by atoms with van der Waals surface area (Å²) in [5.41, 5.74) is 5.30. The third kappa shape index (κ3) is 4.70. The molecule has 2 aromatic rings. The quantitative estimate of drug-likeness (QED) is 0.830. The van der Waals surface area contributed by atoms with Gasteiger partial charge in [0, 0.05) is 0 Å². The van der Waals surface area contributed by atoms with Gasteiger partial charge in [0.15, 0.2) is 0 Å². The van der Waals surface area contributed by atoms with E-state index in [2.05, 4.69) is 48.5 Å². The first-order valence-electron chi connectivity index (χ1n) is 9.09. The molecule has 126 valence electrons. The van der Waals surface area contributed by atoms with Crippen molar-refractivity contribution in [2.75, 3.05) is 0 Å². The van der Waals surface area contributed by atoms with Crippen molar-refractivity contribution in [2.24, 2.45) is 0 Å². The molecule has 1 N–H and O–H groups in total. The Morgan fingerprint density at radius 2 is 1.25 bits per heavy atom. The molecule has 0 aromatic heterocycles. The van der Waals surface area contributed by atoms with E-state index in [1.165, 1.54) is 35.1 Å². The van der Waals surface area contributed by atoms with Gasteiger partial charge in [0.2, 0.25) is 0 Å². The van der Waals surface area contributed by atoms with Crippen molar-refractivity contribution < 1.29 is 9.90 Å². The first kappa shape index (κ1) is 16.8. The summed E-state index contributed by atoms with van der Waals surface area (Å²) < 4.78 is 0. The van der Waals surface area contributed by atoms with Crippen LogP contribution in [-0.2, 0) is 24.1 Å². The van der Waals surface area contributed by atoms with Crippen LogP contribution in [0.1, 0.15) is 60.3 Å². The second kappa shape index (κ2) is 8.14. The SMILES string of the molecule is O=C(O)CC1CCCc2ccc(cc2)CCCCc2ccc1cc2. The van der Waals surface area contributed by atoms with Gasteiger partial charge in [-0.05, 0) is 73.1 Å². The Morgan fingerprint density at radius 3 is 1.75 bits per heavy atom. The van der Waals surface area contributed by atoms with Crippen LogP contribution in [0, 0.1) is 0 Å². The molecule has 4 aliphatic rings. The van der Waals surface area contributed by atoms with Gasteiger partial charge in [0.25, 0.3) is 0 Å². The zero-order valence-electron chi connectivity index (χ0n) is 14.2. The van der Waals surface area contributed by atoms with E-state index in [1.54, 1.807) is 0 Å². The molecule has 0 aliphatic heterocycles. The molecule has 0 radical (unpaired) electrons. The lowest BCUT2D eigenvalue weighted by Gasteiger charge is -2.16. The van der Waals surface area contributed by atoms with Crippen LogP contribution in [0.2, 0.25) is 0 Å². The first-order valence-corrected chi connectivity index (χ1v) is 9.09. The van der Waals surface area contributed by atoms with E-state index in [0.29, 0.717) is 0 Å². The Labute approximate surface area is 144 Å². The predicted molar refractivity (Wildman–Crippen MR) is 97.5 cm³/mol. The zero-order valence-corrected chi connectivity index (χ0v) is 14.2. The topological polar surface area (TPSA) is 37.3 Å². The van der Waals surface area contributed by atoms with E-state index in [9.17, 15) is 9.90 Å². The number of carbonyl (C=O) groups is 1. The molecule has 4 aliphatic carbocycles. The fourth-order valence-electron chi connectivity index (χ4n) is 3.64. The average Bonchev–Trinajstić information content (AvgIpc) is 2.58. The van der Waals surface area contributed by atoms with Crippen molar-refractivity contribution in [3.8, 4) is 0 Å². The summed E-state index contributed by atoms with van der Waals surface area (Å²) in [5, 5.41) is 9.24. The molecular weight excluding hydrogens is 296 g/mol. The van der Waals surface area contributed by atoms with Crippen molar-refractivity contribution in [1.29, 1.82) is 0 Å². The molecule has 0 spiro atoms. The molecule has 1 unspecified atom stereocenters. The third-order valence-electron chi connectivity index (χ3n) is 5.09. The zero-order chi connectivity index (χ0) is 16.8. The van der Waals surface area contributed by atoms with Crippen LogP contribution in [0.4, 0.5) is 0 Å². The fraction of sp³-hybridized carbons (Fsp3) is 0.409. The van der Waals surface area contributed by atoms with E-state index >= 15 is 0 Å². The Kier molecular flexibility index (Phi) is 5.68. The number of aliphatic carboxylic acids is 1. The van der Waals surface area contributed by atoms with Crippen LogP contribution < -0.4 is 0 Å². The Balaban J connectivity index is 1.79. The molecule has 4 bridgehead atoms. The lowest BCUT2D eigenvalue weighted by atomic mass is 9.88. The number of rotatable bonds is 2. The number of hydrogen-bond acceptors (Lipinski definition) is 1. The van der Waals surface area contributed by atoms with Crippen molar-refractivity contribution in [3.05, 3.63) is 70.8 Å². The normalized spacial score (nSPS) is 18.6. The molecular formula is C22H26O2. The van der Waals surface area contributed by atoms with Crippen molar-refractivity contribution in [2.45, 2.75) is 57.3 Å². The highest BCUT2D eigenvalue weighted by Crippen LogP contribution is 2.27. The summed E-state index contributed by atoms with van der Waals surface area (Å²) in [6.07, 6.45) is 7.85. The molecule has 0 saturated carbocycles. The largest absolute Gasteiger partial charge is 0.481 e. The van der Waals surface area contributed by atoms with Crippen molar-refractivity contribution in [3.63, 3.8) is 0 Å². The molecule has 2 aromatic carbocycles. The highest BCUT2D eigenvalue weighted by atomic mass is 16.4. The smallest absolute Gasteiger partial charge is 0.303 e. The van der Waals surface area contributed by atoms with Gasteiger partial charge in [-0.25, -0.2) is 0 Å². The van der Waals surface area contributed by atoms with Crippen LogP contribution in [0.5, 0.6) is 0 Å². The van der Waals surface area contributed by atoms with Crippen LogP contribution in [0.15, 0.2) is 48.5 Å². The maximum Gasteiger partial charge on any atom is 0.303 e. The first-order chi connectivity index (χ1) is 11.7. The second-order valence-corrected chi connectivity index (χ2v) is 6.95. The van der Waals surface area contributed by atoms with Crippen LogP contribution in [0.3, 0.4) is 0 Å². The van der Waals surface area contributed by atoms with Crippen LogP contribution >= 0.6 is 0 Å². The molecule has 1 atom stereocenters. The molecule has 0 heterocycles. The van der Waals surface area contributed by atoms with E-state index in [4.69, 9.17) is 0 Å². The van der Waals surface area contributed by atoms with Gasteiger partial charge in [-0.3, -0.25) is 4.79 Å². The second-order valence-electron chi connectivity index (χ2n) is 6.95. The molecule has 24 heavy (non-hydrogen) atoms. The maximum absolute atomic E-state index is 11.2. The van der Waals surface area contributed by atoms with Gasteiger partial charge in [0.05, 0.1) is 6.42 Å². The minimum Gasteiger partial charge on any atom is -0.481 e. The molecule has 0 amide bonds.